The molecule has 0 aliphatic rings. The Hall–Kier alpha value is -1.59. The Morgan fingerprint density at radius 1 is 1.35 bits per heavy atom. The molecule has 1 aromatic carbocycles. The predicted molar refractivity (Wildman–Crippen MR) is 79.0 cm³/mol. The van der Waals surface area contributed by atoms with E-state index in [0.717, 1.165) is 23.4 Å². The molecule has 1 aromatic rings. The van der Waals surface area contributed by atoms with Crippen LogP contribution in [0.4, 0.5) is 0 Å². The topological polar surface area (TPSA) is 50.8 Å². The number of hydrogen-bond donors (Lipinski definition) is 1. The lowest BCUT2D eigenvalue weighted by Gasteiger charge is -2.19. The summed E-state index contributed by atoms with van der Waals surface area (Å²) in [6, 6.07) is 5.25. The van der Waals surface area contributed by atoms with Crippen molar-refractivity contribution < 1.29 is 14.3 Å². The summed E-state index contributed by atoms with van der Waals surface area (Å²) >= 11 is 0. The van der Waals surface area contributed by atoms with Crippen molar-refractivity contribution in [1.29, 1.82) is 0 Å². The summed E-state index contributed by atoms with van der Waals surface area (Å²) < 4.78 is 10.1. The highest BCUT2D eigenvalue weighted by molar-refractivity contribution is 5.77. The number of ether oxygens (including phenoxy) is 2. The number of hydrogen-bond acceptors (Lipinski definition) is 5. The first-order valence-electron chi connectivity index (χ1n) is 6.60. The largest absolute Gasteiger partial charge is 0.496 e. The van der Waals surface area contributed by atoms with Crippen LogP contribution >= 0.6 is 0 Å². The Labute approximate surface area is 120 Å². The first-order chi connectivity index (χ1) is 9.49. The monoisotopic (exact) mass is 280 g/mol. The van der Waals surface area contributed by atoms with E-state index in [2.05, 4.69) is 10.2 Å². The normalized spacial score (nSPS) is 12.3. The van der Waals surface area contributed by atoms with E-state index in [9.17, 15) is 4.79 Å². The molecule has 20 heavy (non-hydrogen) atoms. The molecule has 1 atom stereocenters. The number of carbonyl (C=O) groups excluding carboxylic acids is 1. The number of likely N-dealkylation sites (N-methyl/N-ethyl adjacent to an activating group) is 1. The molecule has 0 radical (unpaired) electrons. The van der Waals surface area contributed by atoms with E-state index in [1.807, 2.05) is 39.2 Å². The zero-order valence-corrected chi connectivity index (χ0v) is 12.9. The second-order valence-electron chi connectivity index (χ2n) is 4.94. The van der Waals surface area contributed by atoms with Gasteiger partial charge in [0.1, 0.15) is 11.8 Å². The minimum absolute atomic E-state index is 0.284. The third kappa shape index (κ3) is 4.51. The van der Waals surface area contributed by atoms with Gasteiger partial charge in [-0.3, -0.25) is 5.32 Å². The third-order valence-electron chi connectivity index (χ3n) is 3.10. The predicted octanol–water partition coefficient (Wildman–Crippen LogP) is 1.37. The van der Waals surface area contributed by atoms with Crippen LogP contribution in [-0.4, -0.2) is 52.3 Å². The first-order valence-corrected chi connectivity index (χ1v) is 6.60. The molecular formula is C15H24N2O3. The van der Waals surface area contributed by atoms with Crippen LogP contribution < -0.4 is 10.1 Å². The summed E-state index contributed by atoms with van der Waals surface area (Å²) in [6.07, 6.45) is 0. The third-order valence-corrected chi connectivity index (χ3v) is 3.10. The van der Waals surface area contributed by atoms with E-state index in [1.54, 1.807) is 7.11 Å². The van der Waals surface area contributed by atoms with Crippen molar-refractivity contribution in [2.24, 2.45) is 0 Å². The molecule has 0 aliphatic carbocycles. The second kappa shape index (κ2) is 7.87. The summed E-state index contributed by atoms with van der Waals surface area (Å²) in [4.78, 5) is 14.0. The van der Waals surface area contributed by atoms with Crippen molar-refractivity contribution in [2.45, 2.75) is 13.0 Å². The van der Waals surface area contributed by atoms with Crippen LogP contribution in [0.2, 0.25) is 0 Å². The van der Waals surface area contributed by atoms with Gasteiger partial charge in [0.25, 0.3) is 0 Å². The van der Waals surface area contributed by atoms with Crippen molar-refractivity contribution in [3.63, 3.8) is 0 Å². The van der Waals surface area contributed by atoms with Gasteiger partial charge in [0.15, 0.2) is 0 Å². The summed E-state index contributed by atoms with van der Waals surface area (Å²) in [5, 5.41) is 3.23. The van der Waals surface area contributed by atoms with Crippen molar-refractivity contribution in [2.75, 3.05) is 41.4 Å². The number of aryl methyl sites for hydroxylation is 1. The molecule has 1 rings (SSSR count). The van der Waals surface area contributed by atoms with Crippen molar-refractivity contribution in [3.8, 4) is 5.75 Å². The Morgan fingerprint density at radius 2 is 2.05 bits per heavy atom. The van der Waals surface area contributed by atoms with Gasteiger partial charge in [-0.15, -0.1) is 0 Å². The Morgan fingerprint density at radius 3 is 2.55 bits per heavy atom. The van der Waals surface area contributed by atoms with E-state index in [1.165, 1.54) is 7.11 Å². The van der Waals surface area contributed by atoms with Gasteiger partial charge in [0, 0.05) is 13.1 Å². The average molecular weight is 280 g/mol. The highest BCUT2D eigenvalue weighted by Gasteiger charge is 2.21. The summed E-state index contributed by atoms with van der Waals surface area (Å²) in [6.45, 7) is 3.51. The lowest BCUT2D eigenvalue weighted by Crippen LogP contribution is -2.34. The summed E-state index contributed by atoms with van der Waals surface area (Å²) in [5.74, 6) is 0.527. The molecule has 5 nitrogen and oxygen atoms in total. The zero-order valence-electron chi connectivity index (χ0n) is 12.9. The molecule has 5 heteroatoms. The van der Waals surface area contributed by atoms with E-state index in [-0.39, 0.29) is 5.97 Å². The number of nitrogens with one attached hydrogen (secondary N) is 1. The fourth-order valence-electron chi connectivity index (χ4n) is 1.97. The van der Waals surface area contributed by atoms with Crippen LogP contribution in [0, 0.1) is 6.92 Å². The smallest absolute Gasteiger partial charge is 0.327 e. The van der Waals surface area contributed by atoms with Gasteiger partial charge in [-0.1, -0.05) is 12.1 Å². The number of rotatable bonds is 7. The van der Waals surface area contributed by atoms with E-state index in [4.69, 9.17) is 9.47 Å². The maximum atomic E-state index is 11.9. The maximum Gasteiger partial charge on any atom is 0.327 e. The molecule has 0 heterocycles. The Kier molecular flexibility index (Phi) is 6.48. The van der Waals surface area contributed by atoms with Gasteiger partial charge in [0.2, 0.25) is 0 Å². The molecule has 0 fully saturated rings. The fourth-order valence-corrected chi connectivity index (χ4v) is 1.97. The summed E-state index contributed by atoms with van der Waals surface area (Å²) in [7, 11) is 7.02. The zero-order chi connectivity index (χ0) is 15.1. The minimum Gasteiger partial charge on any atom is -0.496 e. The van der Waals surface area contributed by atoms with Gasteiger partial charge in [-0.2, -0.15) is 0 Å². The van der Waals surface area contributed by atoms with E-state index >= 15 is 0 Å². The molecule has 112 valence electrons. The van der Waals surface area contributed by atoms with Crippen LogP contribution in [0.1, 0.15) is 17.2 Å². The molecule has 1 N–H and O–H groups in total. The van der Waals surface area contributed by atoms with Crippen LogP contribution in [-0.2, 0) is 9.53 Å². The quantitative estimate of drug-likeness (QED) is 0.765. The molecule has 0 spiro atoms. The van der Waals surface area contributed by atoms with E-state index in [0.29, 0.717) is 6.54 Å². The molecule has 1 unspecified atom stereocenters. The molecular weight excluding hydrogens is 256 g/mol. The maximum absolute atomic E-state index is 11.9. The van der Waals surface area contributed by atoms with Crippen molar-refractivity contribution in [3.05, 3.63) is 29.3 Å². The molecule has 0 aliphatic heterocycles. The number of esters is 1. The lowest BCUT2D eigenvalue weighted by molar-refractivity contribution is -0.143. The number of nitrogens with zero attached hydrogens (tertiary/aromatic N) is 1. The summed E-state index contributed by atoms with van der Waals surface area (Å²) in [5.41, 5.74) is 1.88. The number of methoxy groups -OCH3 is 2. The van der Waals surface area contributed by atoms with Crippen LogP contribution in [0.5, 0.6) is 5.75 Å². The molecule has 0 saturated heterocycles. The number of benzene rings is 1. The molecule has 0 saturated carbocycles. The lowest BCUT2D eigenvalue weighted by atomic mass is 10.0. The van der Waals surface area contributed by atoms with Crippen LogP contribution in [0.25, 0.3) is 0 Å². The molecule has 0 bridgehead atoms. The highest BCUT2D eigenvalue weighted by Crippen LogP contribution is 2.23. The molecule has 0 aromatic heterocycles. The van der Waals surface area contributed by atoms with Gasteiger partial charge >= 0.3 is 5.97 Å². The van der Waals surface area contributed by atoms with E-state index < -0.39 is 6.04 Å². The minimum atomic E-state index is -0.454. The Bertz CT molecular complexity index is 447. The average Bonchev–Trinajstić information content (AvgIpc) is 2.42. The van der Waals surface area contributed by atoms with Crippen molar-refractivity contribution in [1.82, 2.24) is 10.2 Å². The fraction of sp³-hybridized carbons (Fsp3) is 0.533. The van der Waals surface area contributed by atoms with Gasteiger partial charge in [0.05, 0.1) is 14.2 Å². The Balaban J connectivity index is 2.87. The van der Waals surface area contributed by atoms with Crippen molar-refractivity contribution >= 4 is 5.97 Å². The second-order valence-corrected chi connectivity index (χ2v) is 4.94. The number of carbonyl (C=O) groups is 1. The van der Waals surface area contributed by atoms with Crippen LogP contribution in [0.3, 0.4) is 0 Å². The van der Waals surface area contributed by atoms with Gasteiger partial charge in [-0.25, -0.2) is 4.79 Å². The highest BCUT2D eigenvalue weighted by atomic mass is 16.5. The standard InChI is InChI=1S/C15H24N2O3/c1-11-10-12(6-7-13(11)19-4)14(15(18)20-5)16-8-9-17(2)3/h6-7,10,14,16H,8-9H2,1-5H3. The van der Waals surface area contributed by atoms with Crippen LogP contribution in [0.15, 0.2) is 18.2 Å². The van der Waals surface area contributed by atoms with Gasteiger partial charge < -0.3 is 14.4 Å². The molecule has 0 amide bonds. The SMILES string of the molecule is COC(=O)C(NCCN(C)C)c1ccc(OC)c(C)c1. The first kappa shape index (κ1) is 16.5. The van der Waals surface area contributed by atoms with Gasteiger partial charge in [-0.05, 0) is 38.2 Å².